The van der Waals surface area contributed by atoms with Gasteiger partial charge in [0.25, 0.3) is 17.5 Å². The lowest BCUT2D eigenvalue weighted by Crippen LogP contribution is -2.69. The Bertz CT molecular complexity index is 667. The summed E-state index contributed by atoms with van der Waals surface area (Å²) >= 11 is 0. The summed E-state index contributed by atoms with van der Waals surface area (Å²) in [7, 11) is 0. The predicted molar refractivity (Wildman–Crippen MR) is 72.6 cm³/mol. The molecule has 130 valence electrons. The van der Waals surface area contributed by atoms with Crippen molar-refractivity contribution in [2.75, 3.05) is 0 Å². The molecular formula is C14H14F3N3O4. The van der Waals surface area contributed by atoms with Crippen molar-refractivity contribution >= 4 is 17.8 Å². The third-order valence-corrected chi connectivity index (χ3v) is 4.21. The van der Waals surface area contributed by atoms with Gasteiger partial charge in [0, 0.05) is 6.04 Å². The summed E-state index contributed by atoms with van der Waals surface area (Å²) in [6.07, 6.45) is -1.78. The summed E-state index contributed by atoms with van der Waals surface area (Å²) in [5.74, 6) is -3.17. The molecule has 24 heavy (non-hydrogen) atoms. The number of hydrogen-bond donors (Lipinski definition) is 2. The zero-order valence-electron chi connectivity index (χ0n) is 12.4. The van der Waals surface area contributed by atoms with Crippen LogP contribution in [0, 0.1) is 0 Å². The van der Waals surface area contributed by atoms with Crippen molar-refractivity contribution in [3.63, 3.8) is 0 Å². The minimum atomic E-state index is -5.21. The Balaban J connectivity index is 1.93. The highest BCUT2D eigenvalue weighted by atomic mass is 19.4. The second-order valence-electron chi connectivity index (χ2n) is 5.72. The van der Waals surface area contributed by atoms with Crippen LogP contribution in [0.25, 0.3) is 0 Å². The standard InChI is InChI=1S/C14H14F3N3O4/c15-14(16,17)13(18-10(21)9-6-3-7-24-9)11(22)20(12(23)19-13)8-4-1-2-5-8/h3,6-8H,1-2,4-5H2,(H,18,21)(H,19,23)/t13-/m1/s1. The maximum Gasteiger partial charge on any atom is 0.440 e. The van der Waals surface area contributed by atoms with Crippen molar-refractivity contribution in [2.24, 2.45) is 0 Å². The molecule has 2 fully saturated rings. The summed E-state index contributed by atoms with van der Waals surface area (Å²) in [4.78, 5) is 37.0. The Morgan fingerprint density at radius 2 is 2.00 bits per heavy atom. The Hall–Kier alpha value is -2.52. The molecule has 1 aliphatic carbocycles. The number of nitrogens with zero attached hydrogens (tertiary/aromatic N) is 1. The van der Waals surface area contributed by atoms with Gasteiger partial charge in [-0.1, -0.05) is 12.8 Å². The van der Waals surface area contributed by atoms with Crippen LogP contribution in [0.1, 0.15) is 36.2 Å². The molecule has 0 aromatic carbocycles. The number of hydrogen-bond acceptors (Lipinski definition) is 4. The van der Waals surface area contributed by atoms with Crippen LogP contribution in [-0.4, -0.2) is 40.6 Å². The van der Waals surface area contributed by atoms with Crippen molar-refractivity contribution in [3.05, 3.63) is 24.2 Å². The van der Waals surface area contributed by atoms with Crippen LogP contribution in [0.3, 0.4) is 0 Å². The number of furan rings is 1. The van der Waals surface area contributed by atoms with Gasteiger partial charge in [0.05, 0.1) is 6.26 Å². The Kier molecular flexibility index (Phi) is 3.77. The van der Waals surface area contributed by atoms with E-state index in [-0.39, 0.29) is 0 Å². The molecular weight excluding hydrogens is 331 g/mol. The second kappa shape index (κ2) is 5.53. The number of alkyl halides is 3. The van der Waals surface area contributed by atoms with Crippen LogP contribution in [0.2, 0.25) is 0 Å². The van der Waals surface area contributed by atoms with Crippen molar-refractivity contribution in [3.8, 4) is 0 Å². The van der Waals surface area contributed by atoms with E-state index in [1.165, 1.54) is 6.07 Å². The molecule has 2 N–H and O–H groups in total. The molecule has 1 atom stereocenters. The van der Waals surface area contributed by atoms with Crippen molar-refractivity contribution in [1.82, 2.24) is 15.5 Å². The lowest BCUT2D eigenvalue weighted by molar-refractivity contribution is -0.200. The normalized spacial score (nSPS) is 25.2. The van der Waals surface area contributed by atoms with E-state index in [1.807, 2.05) is 0 Å². The highest BCUT2D eigenvalue weighted by molar-refractivity contribution is 6.10. The fourth-order valence-electron chi connectivity index (χ4n) is 3.03. The average molecular weight is 345 g/mol. The molecule has 2 aliphatic rings. The number of urea groups is 1. The quantitative estimate of drug-likeness (QED) is 0.817. The monoisotopic (exact) mass is 345 g/mol. The first kappa shape index (κ1) is 16.3. The molecule has 2 heterocycles. The molecule has 1 aliphatic heterocycles. The first-order valence-corrected chi connectivity index (χ1v) is 7.35. The minimum absolute atomic E-state index is 0.403. The van der Waals surface area contributed by atoms with E-state index < -0.39 is 41.5 Å². The molecule has 1 aromatic rings. The highest BCUT2D eigenvalue weighted by Crippen LogP contribution is 2.37. The molecule has 0 unspecified atom stereocenters. The van der Waals surface area contributed by atoms with E-state index in [2.05, 4.69) is 0 Å². The topological polar surface area (TPSA) is 91.7 Å². The van der Waals surface area contributed by atoms with E-state index in [1.54, 1.807) is 10.6 Å². The number of halogens is 3. The lowest BCUT2D eigenvalue weighted by atomic mass is 10.1. The van der Waals surface area contributed by atoms with E-state index in [9.17, 15) is 27.6 Å². The highest BCUT2D eigenvalue weighted by Gasteiger charge is 2.69. The van der Waals surface area contributed by atoms with Crippen LogP contribution in [0.4, 0.5) is 18.0 Å². The number of rotatable bonds is 3. The Labute approximate surface area is 134 Å². The zero-order valence-corrected chi connectivity index (χ0v) is 12.4. The van der Waals surface area contributed by atoms with Gasteiger partial charge in [-0.3, -0.25) is 19.8 Å². The lowest BCUT2D eigenvalue weighted by Gasteiger charge is -2.30. The van der Waals surface area contributed by atoms with Crippen LogP contribution < -0.4 is 10.6 Å². The van der Waals surface area contributed by atoms with Crippen molar-refractivity contribution < 1.29 is 32.0 Å². The van der Waals surface area contributed by atoms with Gasteiger partial charge in [-0.05, 0) is 25.0 Å². The van der Waals surface area contributed by atoms with Crippen LogP contribution in [0.15, 0.2) is 22.8 Å². The number of carbonyl (C=O) groups excluding carboxylic acids is 3. The van der Waals surface area contributed by atoms with Gasteiger partial charge in [0.2, 0.25) is 0 Å². The van der Waals surface area contributed by atoms with Gasteiger partial charge in [0.1, 0.15) is 0 Å². The Morgan fingerprint density at radius 1 is 1.33 bits per heavy atom. The number of carbonyl (C=O) groups is 3. The second-order valence-corrected chi connectivity index (χ2v) is 5.72. The van der Waals surface area contributed by atoms with Gasteiger partial charge in [-0.2, -0.15) is 13.2 Å². The number of imide groups is 1. The summed E-state index contributed by atoms with van der Waals surface area (Å²) < 4.78 is 45.5. The van der Waals surface area contributed by atoms with E-state index in [4.69, 9.17) is 4.42 Å². The van der Waals surface area contributed by atoms with Gasteiger partial charge in [-0.15, -0.1) is 0 Å². The van der Waals surface area contributed by atoms with E-state index >= 15 is 0 Å². The summed E-state index contributed by atoms with van der Waals surface area (Å²) in [6.45, 7) is 0. The largest absolute Gasteiger partial charge is 0.459 e. The van der Waals surface area contributed by atoms with Crippen LogP contribution in [-0.2, 0) is 4.79 Å². The molecule has 3 rings (SSSR count). The molecule has 0 radical (unpaired) electrons. The zero-order chi connectivity index (χ0) is 17.5. The molecule has 0 spiro atoms. The molecule has 0 bridgehead atoms. The van der Waals surface area contributed by atoms with Crippen molar-refractivity contribution in [2.45, 2.75) is 43.6 Å². The van der Waals surface area contributed by atoms with Gasteiger partial charge >= 0.3 is 12.2 Å². The number of nitrogens with one attached hydrogen (secondary N) is 2. The van der Waals surface area contributed by atoms with Gasteiger partial charge in [0.15, 0.2) is 5.76 Å². The van der Waals surface area contributed by atoms with Crippen molar-refractivity contribution in [1.29, 1.82) is 0 Å². The first-order valence-electron chi connectivity index (χ1n) is 7.35. The maximum absolute atomic E-state index is 13.6. The SMILES string of the molecule is O=C(N[C@@]1(C(F)(F)F)NC(=O)N(C2CCCC2)C1=O)c1ccco1. The summed E-state index contributed by atoms with van der Waals surface area (Å²) in [5.41, 5.74) is -3.49. The molecule has 1 saturated carbocycles. The third-order valence-electron chi connectivity index (χ3n) is 4.21. The third kappa shape index (κ3) is 2.42. The molecule has 4 amide bonds. The molecule has 7 nitrogen and oxygen atoms in total. The summed E-state index contributed by atoms with van der Waals surface area (Å²) in [6, 6.07) is 0.705. The van der Waals surface area contributed by atoms with Crippen LogP contribution >= 0.6 is 0 Å². The Morgan fingerprint density at radius 3 is 2.54 bits per heavy atom. The fraction of sp³-hybridized carbons (Fsp3) is 0.500. The maximum atomic E-state index is 13.6. The smallest absolute Gasteiger partial charge is 0.440 e. The summed E-state index contributed by atoms with van der Waals surface area (Å²) in [5, 5.41) is 3.20. The minimum Gasteiger partial charge on any atom is -0.459 e. The van der Waals surface area contributed by atoms with E-state index in [0.29, 0.717) is 17.7 Å². The van der Waals surface area contributed by atoms with E-state index in [0.717, 1.165) is 25.2 Å². The molecule has 10 heteroatoms. The predicted octanol–water partition coefficient (Wildman–Crippen LogP) is 1.76. The van der Waals surface area contributed by atoms with Gasteiger partial charge < -0.3 is 9.73 Å². The molecule has 1 saturated heterocycles. The van der Waals surface area contributed by atoms with Gasteiger partial charge in [-0.25, -0.2) is 4.79 Å². The van der Waals surface area contributed by atoms with Crippen LogP contribution in [0.5, 0.6) is 0 Å². The first-order chi connectivity index (χ1) is 11.3. The molecule has 1 aromatic heterocycles. The number of amides is 4. The average Bonchev–Trinajstić information content (AvgIpc) is 3.20. The fourth-order valence-corrected chi connectivity index (χ4v) is 3.03.